The van der Waals surface area contributed by atoms with Crippen LogP contribution in [0.3, 0.4) is 0 Å². The van der Waals surface area contributed by atoms with Gasteiger partial charge < -0.3 is 25.7 Å². The van der Waals surface area contributed by atoms with Gasteiger partial charge in [-0.1, -0.05) is 30.5 Å². The largest absolute Gasteiger partial charge is 0.480 e. The molecule has 0 aromatic carbocycles. The van der Waals surface area contributed by atoms with E-state index in [1.165, 1.54) is 24.3 Å². The molecule has 8 atom stereocenters. The van der Waals surface area contributed by atoms with Crippen molar-refractivity contribution < 1.29 is 29.4 Å². The number of oxime groups is 1. The number of carboxylic acids is 1. The topological polar surface area (TPSA) is 137 Å². The second-order valence-electron chi connectivity index (χ2n) is 12.8. The number of nitrogens with one attached hydrogen (secondary N) is 2. The van der Waals surface area contributed by atoms with Crippen molar-refractivity contribution in [1.29, 1.82) is 0 Å². The van der Waals surface area contributed by atoms with Crippen LogP contribution in [0.1, 0.15) is 78.6 Å². The fraction of sp³-hybridized carbons (Fsp3) is 0.742. The number of fused-ring (bicyclic) bond motifs is 5. The second kappa shape index (κ2) is 12.4. The van der Waals surface area contributed by atoms with Gasteiger partial charge in [-0.15, -0.1) is 6.42 Å². The maximum atomic E-state index is 12.4. The van der Waals surface area contributed by atoms with Crippen LogP contribution in [-0.2, 0) is 19.2 Å². The van der Waals surface area contributed by atoms with Crippen LogP contribution in [0.15, 0.2) is 16.8 Å². The lowest BCUT2D eigenvalue weighted by atomic mass is 9.46. The van der Waals surface area contributed by atoms with Crippen molar-refractivity contribution in [1.82, 2.24) is 10.6 Å². The van der Waals surface area contributed by atoms with Crippen LogP contribution in [0.25, 0.3) is 0 Å². The monoisotopic (exact) mass is 587 g/mol. The van der Waals surface area contributed by atoms with Crippen molar-refractivity contribution in [3.8, 4) is 12.3 Å². The van der Waals surface area contributed by atoms with Gasteiger partial charge in [-0.25, -0.2) is 4.79 Å². The van der Waals surface area contributed by atoms with E-state index in [9.17, 15) is 24.6 Å². The third-order valence-corrected chi connectivity index (χ3v) is 11.4. The van der Waals surface area contributed by atoms with Gasteiger partial charge in [0.25, 0.3) is 5.91 Å². The molecule has 0 heterocycles. The molecule has 0 unspecified atom stereocenters. The van der Waals surface area contributed by atoms with Gasteiger partial charge in [-0.3, -0.25) is 9.59 Å². The number of carbonyl (C=O) groups excluding carboxylic acids is 2. The van der Waals surface area contributed by atoms with E-state index < -0.39 is 35.5 Å². The highest BCUT2D eigenvalue weighted by Gasteiger charge is 2.63. The number of terminal acetylenes is 1. The average molecular weight is 588 g/mol. The van der Waals surface area contributed by atoms with Gasteiger partial charge in [0.2, 0.25) is 5.91 Å². The van der Waals surface area contributed by atoms with E-state index in [0.29, 0.717) is 36.3 Å². The summed E-state index contributed by atoms with van der Waals surface area (Å²) in [4.78, 5) is 41.5. The summed E-state index contributed by atoms with van der Waals surface area (Å²) >= 11 is 1.50. The number of nitrogens with zero attached hydrogens (tertiary/aromatic N) is 1. The Morgan fingerprint density at radius 3 is 2.59 bits per heavy atom. The minimum Gasteiger partial charge on any atom is -0.480 e. The third kappa shape index (κ3) is 6.03. The lowest BCUT2D eigenvalue weighted by Gasteiger charge is -2.58. The Morgan fingerprint density at radius 2 is 1.90 bits per heavy atom. The molecule has 0 saturated heterocycles. The minimum absolute atomic E-state index is 0.0872. The van der Waals surface area contributed by atoms with Gasteiger partial charge in [0.15, 0.2) is 6.61 Å². The molecule has 0 aromatic heterocycles. The highest BCUT2D eigenvalue weighted by atomic mass is 32.2. The predicted octanol–water partition coefficient (Wildman–Crippen LogP) is 3.51. The van der Waals surface area contributed by atoms with Crippen LogP contribution in [0.2, 0.25) is 0 Å². The van der Waals surface area contributed by atoms with E-state index in [1.54, 1.807) is 0 Å². The first-order chi connectivity index (χ1) is 19.4. The predicted molar refractivity (Wildman–Crippen MR) is 159 cm³/mol. The van der Waals surface area contributed by atoms with Crippen LogP contribution in [-0.4, -0.2) is 70.0 Å². The molecule has 4 N–H and O–H groups in total. The SMILES string of the molecule is C#C[C@]1(O)CC[C@H]2[C@@H]3CCC4=C/C(=N\OCC(=O)N[C@@H](C)C(=O)N[C@@H](CCSC)C(=O)O)CC[C@]4(C)[C@H]3CC[C@@]21C. The summed E-state index contributed by atoms with van der Waals surface area (Å²) in [5, 5.41) is 29.8. The standard InChI is InChI=1S/C31H45N3O6S/c1-6-31(39)15-11-24-22-8-7-20-17-21(9-13-29(20,3)23(22)10-14-30(24,31)4)34-40-18-26(35)32-19(2)27(36)33-25(28(37)38)12-16-41-5/h1,17,19,22-25,39H,7-16,18H2,2-5H3,(H,32,35)(H,33,36)(H,37,38)/b34-21-/t19-,22+,23-,24-,25-,29-,30-,31-/m0/s1. The first-order valence-electron chi connectivity index (χ1n) is 14.8. The fourth-order valence-corrected chi connectivity index (χ4v) is 8.68. The zero-order valence-corrected chi connectivity index (χ0v) is 25.5. The number of aliphatic carboxylic acids is 1. The molecule has 0 aliphatic heterocycles. The lowest BCUT2D eigenvalue weighted by molar-refractivity contribution is -0.142. The minimum atomic E-state index is -1.10. The van der Waals surface area contributed by atoms with Crippen LogP contribution >= 0.6 is 11.8 Å². The average Bonchev–Trinajstić information content (AvgIpc) is 3.21. The van der Waals surface area contributed by atoms with Gasteiger partial charge in [0.1, 0.15) is 17.7 Å². The van der Waals surface area contributed by atoms with Crippen LogP contribution in [0.4, 0.5) is 0 Å². The van der Waals surface area contributed by atoms with Gasteiger partial charge in [-0.2, -0.15) is 11.8 Å². The highest BCUT2D eigenvalue weighted by Crippen LogP contribution is 2.67. The molecule has 4 aliphatic rings. The van der Waals surface area contributed by atoms with Crippen LogP contribution in [0.5, 0.6) is 0 Å². The summed E-state index contributed by atoms with van der Waals surface area (Å²) in [6.45, 7) is 5.76. The maximum Gasteiger partial charge on any atom is 0.326 e. The molecule has 4 aliphatic carbocycles. The van der Waals surface area contributed by atoms with Crippen molar-refractivity contribution in [2.75, 3.05) is 18.6 Å². The van der Waals surface area contributed by atoms with E-state index in [-0.39, 0.29) is 17.4 Å². The molecule has 3 fully saturated rings. The van der Waals surface area contributed by atoms with Gasteiger partial charge in [0, 0.05) is 5.41 Å². The summed E-state index contributed by atoms with van der Waals surface area (Å²) in [7, 11) is 0. The van der Waals surface area contributed by atoms with Gasteiger partial charge >= 0.3 is 5.97 Å². The number of amides is 2. The second-order valence-corrected chi connectivity index (χ2v) is 13.8. The fourth-order valence-electron chi connectivity index (χ4n) is 8.21. The van der Waals surface area contributed by atoms with E-state index in [4.69, 9.17) is 11.3 Å². The molecular formula is C31H45N3O6S. The number of carbonyl (C=O) groups is 3. The first-order valence-corrected chi connectivity index (χ1v) is 16.2. The molecule has 226 valence electrons. The number of hydrogen-bond donors (Lipinski definition) is 4. The number of carboxylic acid groups (broad SMARTS) is 1. The van der Waals surface area contributed by atoms with E-state index in [1.807, 2.05) is 6.26 Å². The maximum absolute atomic E-state index is 12.4. The Balaban J connectivity index is 1.31. The number of thioether (sulfide) groups is 1. The Labute approximate surface area is 247 Å². The molecule has 4 rings (SSSR count). The van der Waals surface area contributed by atoms with E-state index in [2.05, 4.69) is 41.6 Å². The molecule has 10 heteroatoms. The quantitative estimate of drug-likeness (QED) is 0.227. The Bertz CT molecular complexity index is 1150. The molecule has 0 spiro atoms. The first kappa shape index (κ1) is 31.4. The van der Waals surface area contributed by atoms with Crippen molar-refractivity contribution in [2.45, 2.75) is 96.2 Å². The van der Waals surface area contributed by atoms with Gasteiger partial charge in [0.05, 0.1) is 5.71 Å². The van der Waals surface area contributed by atoms with Crippen molar-refractivity contribution in [3.63, 3.8) is 0 Å². The summed E-state index contributed by atoms with van der Waals surface area (Å²) in [6, 6.07) is -1.91. The summed E-state index contributed by atoms with van der Waals surface area (Å²) in [5.41, 5.74) is 1.09. The molecule has 0 aromatic rings. The van der Waals surface area contributed by atoms with Crippen molar-refractivity contribution >= 4 is 35.3 Å². The lowest BCUT2D eigenvalue weighted by Crippen LogP contribution is -2.54. The molecule has 0 bridgehead atoms. The normalized spacial score (nSPS) is 36.4. The zero-order chi connectivity index (χ0) is 30.0. The van der Waals surface area contributed by atoms with Crippen LogP contribution < -0.4 is 10.6 Å². The summed E-state index contributed by atoms with van der Waals surface area (Å²) in [6.07, 6.45) is 17.6. The molecule has 0 radical (unpaired) electrons. The number of hydrogen-bond acceptors (Lipinski definition) is 7. The molecule has 3 saturated carbocycles. The Kier molecular flexibility index (Phi) is 9.49. The van der Waals surface area contributed by atoms with Gasteiger partial charge in [-0.05, 0) is 106 Å². The smallest absolute Gasteiger partial charge is 0.326 e. The van der Waals surface area contributed by atoms with E-state index in [0.717, 1.165) is 50.7 Å². The number of rotatable bonds is 10. The Hall–Kier alpha value is -2.51. The molecule has 9 nitrogen and oxygen atoms in total. The highest BCUT2D eigenvalue weighted by molar-refractivity contribution is 7.98. The molecule has 2 amide bonds. The number of allylic oxidation sites excluding steroid dienone is 2. The van der Waals surface area contributed by atoms with Crippen LogP contribution in [0, 0.1) is 40.9 Å². The van der Waals surface area contributed by atoms with Crippen molar-refractivity contribution in [3.05, 3.63) is 11.6 Å². The Morgan fingerprint density at radius 1 is 1.17 bits per heavy atom. The summed E-state index contributed by atoms with van der Waals surface area (Å²) in [5.74, 6) is 2.75. The third-order valence-electron chi connectivity index (χ3n) is 10.7. The number of aliphatic hydroxyl groups is 1. The van der Waals surface area contributed by atoms with E-state index >= 15 is 0 Å². The molecular weight excluding hydrogens is 542 g/mol. The summed E-state index contributed by atoms with van der Waals surface area (Å²) < 4.78 is 0. The zero-order valence-electron chi connectivity index (χ0n) is 24.7. The van der Waals surface area contributed by atoms with Crippen molar-refractivity contribution in [2.24, 2.45) is 33.7 Å². The molecule has 41 heavy (non-hydrogen) atoms.